The molecule has 22 heteroatoms. The maximum absolute atomic E-state index is 14.3. The molecule has 2 saturated carbocycles. The van der Waals surface area contributed by atoms with Crippen LogP contribution in [-0.4, -0.2) is 85.1 Å². The second kappa shape index (κ2) is 14.3. The van der Waals surface area contributed by atoms with E-state index in [2.05, 4.69) is 13.1 Å². The number of sulfonamides is 1. The minimum Gasteiger partial charge on any atom is -0.461 e. The van der Waals surface area contributed by atoms with Crippen molar-refractivity contribution in [3.05, 3.63) is 0 Å². The molecule has 0 heterocycles. The van der Waals surface area contributed by atoms with Crippen molar-refractivity contribution < 1.29 is 74.2 Å². The van der Waals surface area contributed by atoms with Crippen LogP contribution in [0.1, 0.15) is 44.9 Å². The lowest BCUT2D eigenvalue weighted by molar-refractivity contribution is -0.246. The first-order valence-corrected chi connectivity index (χ1v) is 18.2. The van der Waals surface area contributed by atoms with Crippen molar-refractivity contribution in [2.75, 3.05) is 31.4 Å². The number of fused-ring (bicyclic) bond motifs is 2. The molecule has 0 spiro atoms. The number of nitrogens with one attached hydrogen (secondary N) is 1. The van der Waals surface area contributed by atoms with Gasteiger partial charge in [0.15, 0.2) is 0 Å². The Balaban J connectivity index is 2.07. The molecule has 0 amide bonds. The lowest BCUT2D eigenvalue weighted by Crippen LogP contribution is -2.63. The molecule has 248 valence electrons. The van der Waals surface area contributed by atoms with Crippen molar-refractivity contribution in [2.24, 2.45) is 17.8 Å². The molecule has 4 atom stereocenters. The van der Waals surface area contributed by atoms with Crippen molar-refractivity contribution >= 4 is 59.0 Å². The summed E-state index contributed by atoms with van der Waals surface area (Å²) in [5.74, 6) is -7.46. The molecule has 0 aromatic carbocycles. The SMILES string of the molecule is COCCOS(=O)(=O)C(F)(F)C(F)(F)C(F)(F)S(=O)(=O)NS(=O)(=O)OCCCC1CC2CCCC(C2)C1OC(=O)CI. The van der Waals surface area contributed by atoms with Gasteiger partial charge >= 0.3 is 42.8 Å². The highest BCUT2D eigenvalue weighted by Crippen LogP contribution is 2.51. The first-order valence-electron chi connectivity index (χ1n) is 12.3. The van der Waals surface area contributed by atoms with Gasteiger partial charge in [-0.25, -0.2) is 8.42 Å². The number of carbonyl (C=O) groups is 1. The highest BCUT2D eigenvalue weighted by Gasteiger charge is 2.83. The Kier molecular flexibility index (Phi) is 12.8. The molecule has 2 fully saturated rings. The zero-order valence-corrected chi connectivity index (χ0v) is 26.6. The molecule has 4 unspecified atom stereocenters. The number of ether oxygens (including phenoxy) is 2. The molecule has 0 aromatic heterocycles. The quantitative estimate of drug-likeness (QED) is 0.0574. The summed E-state index contributed by atoms with van der Waals surface area (Å²) in [5.41, 5.74) is 0. The van der Waals surface area contributed by atoms with Gasteiger partial charge in [-0.05, 0) is 49.9 Å². The first kappa shape index (κ1) is 37.7. The molecule has 2 aliphatic rings. The Morgan fingerprint density at radius 2 is 1.55 bits per heavy atom. The number of alkyl halides is 7. The van der Waals surface area contributed by atoms with Gasteiger partial charge in [0.1, 0.15) is 6.10 Å². The molecule has 0 radical (unpaired) electrons. The summed E-state index contributed by atoms with van der Waals surface area (Å²) in [4.78, 5) is 11.9. The van der Waals surface area contributed by atoms with Gasteiger partial charge in [-0.2, -0.15) is 43.2 Å². The van der Waals surface area contributed by atoms with Crippen LogP contribution in [0.15, 0.2) is 0 Å². The zero-order valence-electron chi connectivity index (χ0n) is 21.9. The number of halogens is 7. The van der Waals surface area contributed by atoms with Crippen molar-refractivity contribution in [3.8, 4) is 0 Å². The monoisotopic (exact) mass is 797 g/mol. The number of hydrogen-bond donors (Lipinski definition) is 1. The second-order valence-electron chi connectivity index (χ2n) is 9.76. The molecule has 0 aromatic rings. The maximum Gasteiger partial charge on any atom is 0.439 e. The molecule has 2 rings (SSSR count). The van der Waals surface area contributed by atoms with Crippen LogP contribution in [0.2, 0.25) is 0 Å². The third-order valence-corrected chi connectivity index (χ3v) is 11.9. The molecule has 1 N–H and O–H groups in total. The number of rotatable bonds is 17. The maximum atomic E-state index is 14.3. The Morgan fingerprint density at radius 3 is 2.14 bits per heavy atom. The third kappa shape index (κ3) is 8.38. The number of esters is 1. The smallest absolute Gasteiger partial charge is 0.439 e. The summed E-state index contributed by atoms with van der Waals surface area (Å²) in [6.07, 6.45) is 3.81. The van der Waals surface area contributed by atoms with E-state index < -0.39 is 78.8 Å². The van der Waals surface area contributed by atoms with Crippen LogP contribution in [0.4, 0.5) is 26.3 Å². The van der Waals surface area contributed by atoms with Gasteiger partial charge in [0, 0.05) is 7.11 Å². The fourth-order valence-electron chi connectivity index (χ4n) is 4.97. The van der Waals surface area contributed by atoms with E-state index in [9.17, 15) is 56.4 Å². The fourth-order valence-corrected chi connectivity index (χ4v) is 8.58. The topological polar surface area (TPSA) is 168 Å². The van der Waals surface area contributed by atoms with Crippen LogP contribution in [0.3, 0.4) is 0 Å². The van der Waals surface area contributed by atoms with E-state index in [4.69, 9.17) is 4.74 Å². The van der Waals surface area contributed by atoms with Gasteiger partial charge in [-0.15, -0.1) is 0 Å². The Bertz CT molecular complexity index is 1270. The molecular formula is C20H30F6INO11S3. The molecule has 0 saturated heterocycles. The average molecular weight is 798 g/mol. The molecule has 2 bridgehead atoms. The van der Waals surface area contributed by atoms with Crippen LogP contribution in [0.5, 0.6) is 0 Å². The first-order chi connectivity index (χ1) is 19.2. The van der Waals surface area contributed by atoms with Gasteiger partial charge in [0.2, 0.25) is 0 Å². The molecule has 2 aliphatic carbocycles. The number of carbonyl (C=O) groups excluding carboxylic acids is 1. The van der Waals surface area contributed by atoms with Crippen LogP contribution >= 0.6 is 22.6 Å². The summed E-state index contributed by atoms with van der Waals surface area (Å²) in [5, 5.41) is -13.8. The molecular weight excluding hydrogens is 767 g/mol. The van der Waals surface area contributed by atoms with E-state index in [0.29, 0.717) is 12.3 Å². The predicted octanol–water partition coefficient (Wildman–Crippen LogP) is 2.93. The summed E-state index contributed by atoms with van der Waals surface area (Å²) < 4.78 is 173. The van der Waals surface area contributed by atoms with E-state index >= 15 is 0 Å². The normalized spacial score (nSPS) is 24.4. The van der Waals surface area contributed by atoms with Gasteiger partial charge in [0.05, 0.1) is 24.2 Å². The van der Waals surface area contributed by atoms with Gasteiger partial charge < -0.3 is 9.47 Å². The highest BCUT2D eigenvalue weighted by atomic mass is 127. The van der Waals surface area contributed by atoms with E-state index in [1.165, 1.54) is 0 Å². The van der Waals surface area contributed by atoms with E-state index in [0.717, 1.165) is 32.8 Å². The molecule has 0 aliphatic heterocycles. The summed E-state index contributed by atoms with van der Waals surface area (Å²) in [6, 6.07) is 0. The summed E-state index contributed by atoms with van der Waals surface area (Å²) >= 11 is 1.83. The van der Waals surface area contributed by atoms with Gasteiger partial charge in [0.25, 0.3) is 10.0 Å². The van der Waals surface area contributed by atoms with Crippen LogP contribution < -0.4 is 4.13 Å². The largest absolute Gasteiger partial charge is 0.461 e. The summed E-state index contributed by atoms with van der Waals surface area (Å²) in [7, 11) is -19.0. The van der Waals surface area contributed by atoms with Gasteiger partial charge in [-0.3, -0.25) is 13.2 Å². The van der Waals surface area contributed by atoms with Crippen molar-refractivity contribution in [3.63, 3.8) is 0 Å². The lowest BCUT2D eigenvalue weighted by atomic mass is 9.65. The number of methoxy groups -OCH3 is 1. The lowest BCUT2D eigenvalue weighted by Gasteiger charge is -2.44. The fraction of sp³-hybridized carbons (Fsp3) is 0.950. The Hall–Kier alpha value is -0.530. The van der Waals surface area contributed by atoms with Crippen molar-refractivity contribution in [2.45, 2.75) is 67.5 Å². The summed E-state index contributed by atoms with van der Waals surface area (Å²) in [6.45, 7) is -2.91. The molecule has 12 nitrogen and oxygen atoms in total. The Labute approximate surface area is 253 Å². The minimum absolute atomic E-state index is 0.0853. The van der Waals surface area contributed by atoms with E-state index in [1.807, 2.05) is 22.6 Å². The minimum atomic E-state index is -7.27. The number of hydrogen-bond acceptors (Lipinski definition) is 11. The Morgan fingerprint density at radius 1 is 0.905 bits per heavy atom. The van der Waals surface area contributed by atoms with Crippen LogP contribution in [0.25, 0.3) is 0 Å². The van der Waals surface area contributed by atoms with E-state index in [1.54, 1.807) is 0 Å². The van der Waals surface area contributed by atoms with Crippen molar-refractivity contribution in [1.82, 2.24) is 4.13 Å². The van der Waals surface area contributed by atoms with Gasteiger partial charge in [-0.1, -0.05) is 39.6 Å². The molecule has 42 heavy (non-hydrogen) atoms. The zero-order chi connectivity index (χ0) is 32.2. The van der Waals surface area contributed by atoms with Crippen LogP contribution in [-0.2, 0) is 53.1 Å². The average Bonchev–Trinajstić information content (AvgIpc) is 2.87. The van der Waals surface area contributed by atoms with E-state index in [-0.39, 0.29) is 33.2 Å². The van der Waals surface area contributed by atoms with Crippen LogP contribution in [0, 0.1) is 17.8 Å². The second-order valence-corrected chi connectivity index (χ2v) is 15.5. The van der Waals surface area contributed by atoms with Crippen molar-refractivity contribution in [1.29, 1.82) is 0 Å². The predicted molar refractivity (Wildman–Crippen MR) is 140 cm³/mol. The standard InChI is InChI=1S/C20H30F6INO11S3/c1-36-8-9-37-41(32,33)20(25,26)18(21,22)19(23,24)40(30,31)28-42(34,35)38-7-3-6-15-11-13-4-2-5-14(10-13)17(15)39-16(29)12-27/h13-15,17,28H,2-12H2,1H3. The highest BCUT2D eigenvalue weighted by molar-refractivity contribution is 14.1. The third-order valence-electron chi connectivity index (χ3n) is 6.84.